The number of hydrogen-bond acceptors (Lipinski definition) is 6. The van der Waals surface area contributed by atoms with Gasteiger partial charge in [0.2, 0.25) is 4.77 Å². The van der Waals surface area contributed by atoms with Gasteiger partial charge in [0.25, 0.3) is 5.69 Å². The van der Waals surface area contributed by atoms with E-state index in [4.69, 9.17) is 17.0 Å². The van der Waals surface area contributed by atoms with Gasteiger partial charge in [0.05, 0.1) is 17.2 Å². The molecule has 1 N–H and O–H groups in total. The highest BCUT2D eigenvalue weighted by atomic mass is 32.1. The minimum absolute atomic E-state index is 0.00602. The second kappa shape index (κ2) is 7.92. The van der Waals surface area contributed by atoms with Crippen LogP contribution in [0.4, 0.5) is 5.69 Å². The number of nitrogens with one attached hydrogen (secondary N) is 1. The summed E-state index contributed by atoms with van der Waals surface area (Å²) >= 11 is 5.25. The van der Waals surface area contributed by atoms with Gasteiger partial charge in [-0.1, -0.05) is 24.3 Å². The Hall–Kier alpha value is -3.33. The van der Waals surface area contributed by atoms with Crippen molar-refractivity contribution in [2.45, 2.75) is 20.0 Å². The van der Waals surface area contributed by atoms with Gasteiger partial charge in [0.15, 0.2) is 5.82 Å². The van der Waals surface area contributed by atoms with Crippen LogP contribution in [-0.4, -0.2) is 32.1 Å². The van der Waals surface area contributed by atoms with Crippen molar-refractivity contribution in [3.63, 3.8) is 0 Å². The molecule has 0 fully saturated rings. The predicted molar refractivity (Wildman–Crippen MR) is 105 cm³/mol. The van der Waals surface area contributed by atoms with E-state index in [1.54, 1.807) is 12.1 Å². The summed E-state index contributed by atoms with van der Waals surface area (Å²) in [6.45, 7) is 3.90. The largest absolute Gasteiger partial charge is 0.491 e. The number of rotatable bonds is 6. The van der Waals surface area contributed by atoms with Crippen molar-refractivity contribution in [3.8, 4) is 17.1 Å². The van der Waals surface area contributed by atoms with Crippen LogP contribution in [-0.2, 0) is 0 Å². The lowest BCUT2D eigenvalue weighted by atomic mass is 10.2. The Balaban J connectivity index is 1.95. The number of ether oxygens (including phenoxy) is 1. The molecule has 2 aromatic carbocycles. The zero-order valence-corrected chi connectivity index (χ0v) is 15.5. The summed E-state index contributed by atoms with van der Waals surface area (Å²) in [7, 11) is 0. The topological polar surface area (TPSA) is 98.3 Å². The standard InChI is InChI=1S/C18H17N5O3S/c1-12(2)26-16-8-4-6-14(10-16)17-20-21-18(27)22(17)19-11-13-5-3-7-15(9-13)23(24)25/h3-12H,1-2H3,(H,21,27)/b19-11+. The van der Waals surface area contributed by atoms with Gasteiger partial charge in [-0.25, -0.2) is 5.10 Å². The van der Waals surface area contributed by atoms with Crippen molar-refractivity contribution >= 4 is 24.1 Å². The summed E-state index contributed by atoms with van der Waals surface area (Å²) in [5, 5.41) is 22.2. The number of aromatic nitrogens is 3. The molecule has 3 rings (SSSR count). The normalized spacial score (nSPS) is 11.2. The molecule has 3 aromatic rings. The van der Waals surface area contributed by atoms with Crippen LogP contribution in [0.25, 0.3) is 11.4 Å². The first-order chi connectivity index (χ1) is 12.9. The average Bonchev–Trinajstić information content (AvgIpc) is 3.00. The van der Waals surface area contributed by atoms with Crippen LogP contribution < -0.4 is 4.74 Å². The molecular weight excluding hydrogens is 366 g/mol. The third kappa shape index (κ3) is 4.45. The summed E-state index contributed by atoms with van der Waals surface area (Å²) in [6.07, 6.45) is 1.55. The van der Waals surface area contributed by atoms with Crippen molar-refractivity contribution in [1.29, 1.82) is 0 Å². The molecule has 0 spiro atoms. The fourth-order valence-electron chi connectivity index (χ4n) is 2.41. The lowest BCUT2D eigenvalue weighted by Crippen LogP contribution is -2.05. The maximum Gasteiger partial charge on any atom is 0.270 e. The number of nitrogens with zero attached hydrogens (tertiary/aromatic N) is 4. The highest BCUT2D eigenvalue weighted by molar-refractivity contribution is 7.71. The third-order valence-corrected chi connectivity index (χ3v) is 3.78. The summed E-state index contributed by atoms with van der Waals surface area (Å²) in [4.78, 5) is 10.4. The number of H-pyrrole nitrogens is 1. The van der Waals surface area contributed by atoms with Crippen LogP contribution in [0.5, 0.6) is 5.75 Å². The van der Waals surface area contributed by atoms with Gasteiger partial charge in [-0.05, 0) is 38.2 Å². The maximum absolute atomic E-state index is 10.9. The molecule has 0 atom stereocenters. The Morgan fingerprint density at radius 2 is 2.07 bits per heavy atom. The second-order valence-corrected chi connectivity index (χ2v) is 6.34. The van der Waals surface area contributed by atoms with Gasteiger partial charge < -0.3 is 4.74 Å². The Morgan fingerprint density at radius 3 is 2.81 bits per heavy atom. The van der Waals surface area contributed by atoms with Crippen LogP contribution in [0.1, 0.15) is 19.4 Å². The zero-order chi connectivity index (χ0) is 19.4. The van der Waals surface area contributed by atoms with Gasteiger partial charge in [-0.2, -0.15) is 14.9 Å². The number of benzene rings is 2. The van der Waals surface area contributed by atoms with Gasteiger partial charge in [0, 0.05) is 23.3 Å². The Morgan fingerprint density at radius 1 is 1.30 bits per heavy atom. The summed E-state index contributed by atoms with van der Waals surface area (Å²) in [5.41, 5.74) is 1.35. The Kier molecular flexibility index (Phi) is 5.41. The Bertz CT molecular complexity index is 1050. The first-order valence-corrected chi connectivity index (χ1v) is 8.58. The first-order valence-electron chi connectivity index (χ1n) is 8.17. The first kappa shape index (κ1) is 18.5. The molecule has 8 nitrogen and oxygen atoms in total. The summed E-state index contributed by atoms with van der Waals surface area (Å²) < 4.78 is 7.48. The average molecular weight is 383 g/mol. The molecule has 0 bridgehead atoms. The highest BCUT2D eigenvalue weighted by Gasteiger charge is 2.10. The van der Waals surface area contributed by atoms with E-state index in [9.17, 15) is 10.1 Å². The van der Waals surface area contributed by atoms with Crippen LogP contribution >= 0.6 is 12.2 Å². The molecule has 0 aliphatic heterocycles. The molecule has 0 saturated heterocycles. The molecule has 0 saturated carbocycles. The SMILES string of the molecule is CC(C)Oc1cccc(-c2n[nH]c(=S)n2/N=C/c2cccc([N+](=O)[O-])c2)c1. The molecule has 0 radical (unpaired) electrons. The summed E-state index contributed by atoms with van der Waals surface area (Å²) in [6, 6.07) is 13.6. The van der Waals surface area contributed by atoms with Gasteiger partial charge >= 0.3 is 0 Å². The fourth-order valence-corrected chi connectivity index (χ4v) is 2.59. The summed E-state index contributed by atoms with van der Waals surface area (Å²) in [5.74, 6) is 1.22. The molecule has 1 aromatic heterocycles. The smallest absolute Gasteiger partial charge is 0.270 e. The number of hydrogen-bond donors (Lipinski definition) is 1. The zero-order valence-electron chi connectivity index (χ0n) is 14.7. The molecule has 0 amide bonds. The van der Waals surface area contributed by atoms with Crippen LogP contribution in [0.3, 0.4) is 0 Å². The van der Waals surface area contributed by atoms with Gasteiger partial charge in [-0.3, -0.25) is 10.1 Å². The molecule has 9 heteroatoms. The maximum atomic E-state index is 10.9. The molecule has 1 heterocycles. The van der Waals surface area contributed by atoms with E-state index >= 15 is 0 Å². The number of nitro groups is 1. The molecule has 0 aliphatic carbocycles. The lowest BCUT2D eigenvalue weighted by molar-refractivity contribution is -0.384. The van der Waals surface area contributed by atoms with E-state index in [2.05, 4.69) is 15.3 Å². The van der Waals surface area contributed by atoms with Crippen molar-refractivity contribution < 1.29 is 9.66 Å². The third-order valence-electron chi connectivity index (χ3n) is 3.52. The molecule has 0 aliphatic rings. The van der Waals surface area contributed by atoms with E-state index in [1.165, 1.54) is 23.0 Å². The monoisotopic (exact) mass is 383 g/mol. The minimum Gasteiger partial charge on any atom is -0.491 e. The van der Waals surface area contributed by atoms with E-state index in [0.717, 1.165) is 5.56 Å². The number of non-ortho nitro benzene ring substituents is 1. The van der Waals surface area contributed by atoms with Crippen molar-refractivity contribution in [3.05, 3.63) is 69.0 Å². The van der Waals surface area contributed by atoms with Crippen LogP contribution in [0.2, 0.25) is 0 Å². The number of aromatic amines is 1. The quantitative estimate of drug-likeness (QED) is 0.298. The number of nitro benzene ring substituents is 1. The molecular formula is C18H17N5O3S. The van der Waals surface area contributed by atoms with E-state index in [0.29, 0.717) is 21.9 Å². The highest BCUT2D eigenvalue weighted by Crippen LogP contribution is 2.23. The van der Waals surface area contributed by atoms with Gasteiger partial charge in [-0.15, -0.1) is 0 Å². The van der Waals surface area contributed by atoms with E-state index < -0.39 is 4.92 Å². The molecule has 138 valence electrons. The second-order valence-electron chi connectivity index (χ2n) is 5.96. The predicted octanol–water partition coefficient (Wildman–Crippen LogP) is 4.19. The van der Waals surface area contributed by atoms with Gasteiger partial charge in [0.1, 0.15) is 5.75 Å². The molecule has 27 heavy (non-hydrogen) atoms. The van der Waals surface area contributed by atoms with Crippen molar-refractivity contribution in [2.75, 3.05) is 0 Å². The Labute approximate surface area is 160 Å². The minimum atomic E-state index is -0.452. The van der Waals surface area contributed by atoms with Crippen LogP contribution in [0, 0.1) is 14.9 Å². The van der Waals surface area contributed by atoms with E-state index in [-0.39, 0.29) is 11.8 Å². The van der Waals surface area contributed by atoms with Crippen molar-refractivity contribution in [2.24, 2.45) is 5.10 Å². The fraction of sp³-hybridized carbons (Fsp3) is 0.167. The van der Waals surface area contributed by atoms with E-state index in [1.807, 2.05) is 38.1 Å². The lowest BCUT2D eigenvalue weighted by Gasteiger charge is -2.10. The van der Waals surface area contributed by atoms with Crippen molar-refractivity contribution in [1.82, 2.24) is 14.9 Å². The molecule has 0 unspecified atom stereocenters. The van der Waals surface area contributed by atoms with Crippen LogP contribution in [0.15, 0.2) is 53.6 Å².